The Morgan fingerprint density at radius 3 is 1.76 bits per heavy atom. The standard InChI is InChI=1S/C27H21ClNO3P/c28-25-19-11-10-18-24(25)26(20-29-27(30)21-12-4-1-5-13-21)32-33(31,22-14-6-2-7-15-22)23-16-8-3-9-17-23/h1-20H,(H,29,30). The quantitative estimate of drug-likeness (QED) is 0.264. The van der Waals surface area contributed by atoms with Gasteiger partial charge in [0.2, 0.25) is 0 Å². The average Bonchev–Trinajstić information content (AvgIpc) is 2.88. The van der Waals surface area contributed by atoms with Crippen LogP contribution in [0.3, 0.4) is 0 Å². The van der Waals surface area contributed by atoms with E-state index in [9.17, 15) is 9.36 Å². The molecule has 1 N–H and O–H groups in total. The summed E-state index contributed by atoms with van der Waals surface area (Å²) in [5, 5.41) is 4.21. The number of nitrogens with one attached hydrogen (secondary N) is 1. The number of carbonyl (C=O) groups is 1. The Labute approximate surface area is 198 Å². The lowest BCUT2D eigenvalue weighted by Gasteiger charge is -2.23. The van der Waals surface area contributed by atoms with Crippen LogP contribution < -0.4 is 15.9 Å². The molecule has 0 aliphatic rings. The normalized spacial score (nSPS) is 11.6. The lowest BCUT2D eigenvalue weighted by molar-refractivity contribution is 0.0969. The first-order valence-electron chi connectivity index (χ1n) is 10.3. The number of benzene rings is 4. The minimum Gasteiger partial charge on any atom is -0.435 e. The number of hydrogen-bond donors (Lipinski definition) is 1. The molecule has 4 aromatic rings. The Hall–Kier alpha value is -3.59. The van der Waals surface area contributed by atoms with E-state index in [4.69, 9.17) is 16.1 Å². The van der Waals surface area contributed by atoms with Crippen LogP contribution in [0.5, 0.6) is 0 Å². The third-order valence-corrected chi connectivity index (χ3v) is 7.67. The van der Waals surface area contributed by atoms with Gasteiger partial charge in [-0.15, -0.1) is 0 Å². The Kier molecular flexibility index (Phi) is 7.09. The highest BCUT2D eigenvalue weighted by Crippen LogP contribution is 2.49. The highest BCUT2D eigenvalue weighted by molar-refractivity contribution is 7.74. The van der Waals surface area contributed by atoms with Gasteiger partial charge in [-0.05, 0) is 48.5 Å². The van der Waals surface area contributed by atoms with Gasteiger partial charge in [-0.3, -0.25) is 9.36 Å². The van der Waals surface area contributed by atoms with Gasteiger partial charge in [0.05, 0.1) is 15.6 Å². The number of halogens is 1. The van der Waals surface area contributed by atoms with Gasteiger partial charge < -0.3 is 9.84 Å². The summed E-state index contributed by atoms with van der Waals surface area (Å²) < 4.78 is 20.7. The molecular formula is C27H21ClNO3P. The van der Waals surface area contributed by atoms with E-state index in [0.717, 1.165) is 0 Å². The lowest BCUT2D eigenvalue weighted by atomic mass is 10.2. The van der Waals surface area contributed by atoms with Crippen molar-refractivity contribution in [1.82, 2.24) is 5.32 Å². The molecule has 0 bridgehead atoms. The summed E-state index contributed by atoms with van der Waals surface area (Å²) >= 11 is 6.45. The largest absolute Gasteiger partial charge is 0.435 e. The minimum absolute atomic E-state index is 0.195. The predicted molar refractivity (Wildman–Crippen MR) is 134 cm³/mol. The smallest absolute Gasteiger partial charge is 0.306 e. The molecule has 0 radical (unpaired) electrons. The van der Waals surface area contributed by atoms with E-state index >= 15 is 0 Å². The summed E-state index contributed by atoms with van der Waals surface area (Å²) in [5.74, 6) is -0.126. The Bertz CT molecular complexity index is 1270. The SMILES string of the molecule is O=C(NC=C(OP(=O)(c1ccccc1)c1ccccc1)c1ccccc1Cl)c1ccccc1. The van der Waals surface area contributed by atoms with Crippen LogP contribution in [0.1, 0.15) is 15.9 Å². The minimum atomic E-state index is -3.58. The Morgan fingerprint density at radius 1 is 0.727 bits per heavy atom. The molecule has 0 spiro atoms. The molecule has 4 rings (SSSR count). The van der Waals surface area contributed by atoms with E-state index in [1.807, 2.05) is 42.5 Å². The third-order valence-electron chi connectivity index (χ3n) is 4.93. The fourth-order valence-corrected chi connectivity index (χ4v) is 5.55. The van der Waals surface area contributed by atoms with E-state index < -0.39 is 7.37 Å². The number of hydrogen-bond acceptors (Lipinski definition) is 3. The van der Waals surface area contributed by atoms with Gasteiger partial charge in [0.25, 0.3) is 5.91 Å². The summed E-state index contributed by atoms with van der Waals surface area (Å²) in [5.41, 5.74) is 1.00. The summed E-state index contributed by atoms with van der Waals surface area (Å²) in [4.78, 5) is 12.7. The first kappa shape index (κ1) is 22.6. The highest BCUT2D eigenvalue weighted by Gasteiger charge is 2.31. The van der Waals surface area contributed by atoms with E-state index in [0.29, 0.717) is 26.8 Å². The molecule has 0 saturated heterocycles. The van der Waals surface area contributed by atoms with Crippen LogP contribution in [0.4, 0.5) is 0 Å². The van der Waals surface area contributed by atoms with Gasteiger partial charge in [0, 0.05) is 17.3 Å². The number of rotatable bonds is 7. The van der Waals surface area contributed by atoms with Gasteiger partial charge in [-0.2, -0.15) is 0 Å². The second-order valence-electron chi connectivity index (χ2n) is 7.14. The van der Waals surface area contributed by atoms with Crippen molar-refractivity contribution in [3.8, 4) is 0 Å². The molecule has 4 nitrogen and oxygen atoms in total. The molecule has 4 aromatic carbocycles. The first-order chi connectivity index (χ1) is 16.1. The second kappa shape index (κ2) is 10.4. The molecule has 1 amide bonds. The van der Waals surface area contributed by atoms with Crippen molar-refractivity contribution in [3.05, 3.63) is 138 Å². The van der Waals surface area contributed by atoms with E-state index in [1.54, 1.807) is 72.8 Å². The summed E-state index contributed by atoms with van der Waals surface area (Å²) in [7, 11) is -3.58. The Balaban J connectivity index is 1.78. The van der Waals surface area contributed by atoms with Crippen molar-refractivity contribution in [2.24, 2.45) is 0 Å². The molecule has 164 valence electrons. The van der Waals surface area contributed by atoms with Crippen molar-refractivity contribution >= 4 is 41.2 Å². The van der Waals surface area contributed by atoms with Gasteiger partial charge in [-0.1, -0.05) is 78.3 Å². The zero-order valence-corrected chi connectivity index (χ0v) is 19.2. The third kappa shape index (κ3) is 5.25. The van der Waals surface area contributed by atoms with Gasteiger partial charge in [0.15, 0.2) is 5.76 Å². The van der Waals surface area contributed by atoms with Crippen LogP contribution in [0.15, 0.2) is 121 Å². The highest BCUT2D eigenvalue weighted by atomic mass is 35.5. The van der Waals surface area contributed by atoms with Crippen LogP contribution in [0.25, 0.3) is 5.76 Å². The molecule has 0 fully saturated rings. The fourth-order valence-electron chi connectivity index (χ4n) is 3.26. The molecular weight excluding hydrogens is 453 g/mol. The molecule has 0 aliphatic carbocycles. The molecule has 0 saturated carbocycles. The van der Waals surface area contributed by atoms with E-state index in [1.165, 1.54) is 6.20 Å². The first-order valence-corrected chi connectivity index (χ1v) is 12.3. The van der Waals surface area contributed by atoms with E-state index in [-0.39, 0.29) is 11.7 Å². The molecule has 0 unspecified atom stereocenters. The van der Waals surface area contributed by atoms with Gasteiger partial charge in [-0.25, -0.2) is 0 Å². The molecule has 0 atom stereocenters. The summed E-state index contributed by atoms with van der Waals surface area (Å²) in [6.07, 6.45) is 1.41. The maximum atomic E-state index is 14.4. The van der Waals surface area contributed by atoms with Crippen molar-refractivity contribution in [2.75, 3.05) is 0 Å². The van der Waals surface area contributed by atoms with Crippen LogP contribution in [-0.4, -0.2) is 5.91 Å². The topological polar surface area (TPSA) is 55.4 Å². The van der Waals surface area contributed by atoms with Crippen molar-refractivity contribution in [2.45, 2.75) is 0 Å². The van der Waals surface area contributed by atoms with Gasteiger partial charge in [0.1, 0.15) is 0 Å². The maximum Gasteiger partial charge on any atom is 0.306 e. The molecule has 0 heterocycles. The zero-order valence-electron chi connectivity index (χ0n) is 17.6. The van der Waals surface area contributed by atoms with Gasteiger partial charge >= 0.3 is 7.37 Å². The van der Waals surface area contributed by atoms with Crippen molar-refractivity contribution in [3.63, 3.8) is 0 Å². The molecule has 0 aliphatic heterocycles. The monoisotopic (exact) mass is 473 g/mol. The lowest BCUT2D eigenvalue weighted by Crippen LogP contribution is -2.20. The molecule has 6 heteroatoms. The molecule has 33 heavy (non-hydrogen) atoms. The maximum absolute atomic E-state index is 14.4. The van der Waals surface area contributed by atoms with Crippen LogP contribution in [-0.2, 0) is 9.09 Å². The van der Waals surface area contributed by atoms with E-state index in [2.05, 4.69) is 5.32 Å². The second-order valence-corrected chi connectivity index (χ2v) is 9.87. The van der Waals surface area contributed by atoms with Crippen molar-refractivity contribution < 1.29 is 13.9 Å². The fraction of sp³-hybridized carbons (Fsp3) is 0. The average molecular weight is 474 g/mol. The predicted octanol–water partition coefficient (Wildman–Crippen LogP) is 6.01. The number of carbonyl (C=O) groups excluding carboxylic acids is 1. The Morgan fingerprint density at radius 2 is 1.21 bits per heavy atom. The summed E-state index contributed by atoms with van der Waals surface area (Å²) in [6.45, 7) is 0. The van der Waals surface area contributed by atoms with Crippen LogP contribution in [0.2, 0.25) is 5.02 Å². The van der Waals surface area contributed by atoms with Crippen LogP contribution >= 0.6 is 19.0 Å². The number of amides is 1. The molecule has 0 aromatic heterocycles. The van der Waals surface area contributed by atoms with Crippen molar-refractivity contribution in [1.29, 1.82) is 0 Å². The summed E-state index contributed by atoms with van der Waals surface area (Å²) in [6, 6.07) is 33.9. The zero-order chi connectivity index (χ0) is 23.1. The van der Waals surface area contributed by atoms with Crippen LogP contribution in [0, 0.1) is 0 Å².